The lowest BCUT2D eigenvalue weighted by Crippen LogP contribution is -2.46. The maximum atomic E-state index is 11.4. The van der Waals surface area contributed by atoms with Gasteiger partial charge in [0.25, 0.3) is 0 Å². The molecular formula is C9H18N2O3. The van der Waals surface area contributed by atoms with Crippen LogP contribution in [0.25, 0.3) is 0 Å². The van der Waals surface area contributed by atoms with Crippen molar-refractivity contribution < 1.29 is 14.6 Å². The first-order valence-electron chi connectivity index (χ1n) is 5.08. The van der Waals surface area contributed by atoms with E-state index in [1.54, 1.807) is 4.90 Å². The van der Waals surface area contributed by atoms with Gasteiger partial charge in [0, 0.05) is 32.8 Å². The van der Waals surface area contributed by atoms with Crippen LogP contribution in [0, 0.1) is 0 Å². The van der Waals surface area contributed by atoms with Crippen LogP contribution in [0.3, 0.4) is 0 Å². The van der Waals surface area contributed by atoms with Crippen LogP contribution in [0.4, 0.5) is 4.79 Å². The average molecular weight is 202 g/mol. The highest BCUT2D eigenvalue weighted by atomic mass is 16.6. The van der Waals surface area contributed by atoms with Gasteiger partial charge in [-0.2, -0.15) is 0 Å². The molecule has 14 heavy (non-hydrogen) atoms. The summed E-state index contributed by atoms with van der Waals surface area (Å²) in [7, 11) is 0. The Labute approximate surface area is 84.0 Å². The fourth-order valence-corrected chi connectivity index (χ4v) is 1.31. The van der Waals surface area contributed by atoms with E-state index >= 15 is 0 Å². The van der Waals surface area contributed by atoms with Gasteiger partial charge in [-0.15, -0.1) is 0 Å². The van der Waals surface area contributed by atoms with Crippen molar-refractivity contribution in [2.45, 2.75) is 12.8 Å². The van der Waals surface area contributed by atoms with Crippen LogP contribution >= 0.6 is 0 Å². The molecule has 0 aromatic carbocycles. The van der Waals surface area contributed by atoms with Gasteiger partial charge in [-0.25, -0.2) is 4.79 Å². The Morgan fingerprint density at radius 1 is 1.36 bits per heavy atom. The Morgan fingerprint density at radius 3 is 2.71 bits per heavy atom. The molecule has 0 aromatic heterocycles. The summed E-state index contributed by atoms with van der Waals surface area (Å²) in [5.74, 6) is 0. The van der Waals surface area contributed by atoms with E-state index in [0.717, 1.165) is 32.6 Å². The normalized spacial score (nSPS) is 16.8. The van der Waals surface area contributed by atoms with Crippen LogP contribution in [0.15, 0.2) is 0 Å². The van der Waals surface area contributed by atoms with Crippen molar-refractivity contribution in [2.75, 3.05) is 39.4 Å². The molecule has 1 amide bonds. The predicted molar refractivity (Wildman–Crippen MR) is 52.1 cm³/mol. The highest BCUT2D eigenvalue weighted by Gasteiger charge is 2.16. The van der Waals surface area contributed by atoms with Crippen LogP contribution in [0.5, 0.6) is 0 Å². The highest BCUT2D eigenvalue weighted by Crippen LogP contribution is 1.98. The molecule has 1 rings (SSSR count). The molecule has 2 N–H and O–H groups in total. The van der Waals surface area contributed by atoms with Crippen molar-refractivity contribution in [2.24, 2.45) is 0 Å². The van der Waals surface area contributed by atoms with Gasteiger partial charge in [0.1, 0.15) is 0 Å². The molecule has 0 atom stereocenters. The second-order valence-electron chi connectivity index (χ2n) is 3.28. The van der Waals surface area contributed by atoms with Crippen molar-refractivity contribution in [1.29, 1.82) is 0 Å². The molecule has 5 nitrogen and oxygen atoms in total. The van der Waals surface area contributed by atoms with Crippen molar-refractivity contribution in [3.8, 4) is 0 Å². The van der Waals surface area contributed by atoms with E-state index in [4.69, 9.17) is 9.84 Å². The Balaban J connectivity index is 2.07. The molecule has 0 spiro atoms. The van der Waals surface area contributed by atoms with Crippen molar-refractivity contribution >= 4 is 6.09 Å². The third-order valence-corrected chi connectivity index (χ3v) is 2.15. The number of aliphatic hydroxyl groups excluding tert-OH is 1. The number of carbonyl (C=O) groups excluding carboxylic acids is 1. The summed E-state index contributed by atoms with van der Waals surface area (Å²) >= 11 is 0. The summed E-state index contributed by atoms with van der Waals surface area (Å²) in [6.07, 6.45) is 1.19. The Hall–Kier alpha value is -0.810. The van der Waals surface area contributed by atoms with E-state index < -0.39 is 0 Å². The number of ether oxygens (including phenoxy) is 1. The van der Waals surface area contributed by atoms with Gasteiger partial charge in [-0.1, -0.05) is 0 Å². The minimum absolute atomic E-state index is 0.158. The van der Waals surface area contributed by atoms with E-state index in [-0.39, 0.29) is 12.7 Å². The summed E-state index contributed by atoms with van der Waals surface area (Å²) in [5.41, 5.74) is 0. The zero-order valence-electron chi connectivity index (χ0n) is 8.37. The summed E-state index contributed by atoms with van der Waals surface area (Å²) in [6, 6.07) is 0. The molecule has 1 fully saturated rings. The fourth-order valence-electron chi connectivity index (χ4n) is 1.31. The molecule has 1 heterocycles. The van der Waals surface area contributed by atoms with Gasteiger partial charge in [-0.05, 0) is 12.8 Å². The number of nitrogens with zero attached hydrogens (tertiary/aromatic N) is 1. The van der Waals surface area contributed by atoms with E-state index in [2.05, 4.69) is 5.32 Å². The molecular weight excluding hydrogens is 184 g/mol. The summed E-state index contributed by atoms with van der Waals surface area (Å²) in [5, 5.41) is 11.7. The maximum Gasteiger partial charge on any atom is 0.409 e. The average Bonchev–Trinajstić information content (AvgIpc) is 2.25. The number of aliphatic hydroxyl groups is 1. The lowest BCUT2D eigenvalue weighted by Gasteiger charge is -2.26. The largest absolute Gasteiger partial charge is 0.449 e. The second-order valence-corrected chi connectivity index (χ2v) is 3.28. The second kappa shape index (κ2) is 6.62. The van der Waals surface area contributed by atoms with Gasteiger partial charge in [-0.3, -0.25) is 0 Å². The Kier molecular flexibility index (Phi) is 5.32. The standard InChI is InChI=1S/C9H18N2O3/c12-7-1-2-8-14-9(13)11-5-3-10-4-6-11/h10,12H,1-8H2. The van der Waals surface area contributed by atoms with Crippen molar-refractivity contribution in [3.63, 3.8) is 0 Å². The molecule has 82 valence electrons. The first kappa shape index (κ1) is 11.3. The van der Waals surface area contributed by atoms with E-state index in [9.17, 15) is 4.79 Å². The zero-order chi connectivity index (χ0) is 10.2. The van der Waals surface area contributed by atoms with Crippen LogP contribution in [-0.4, -0.2) is 55.5 Å². The molecule has 0 aliphatic carbocycles. The molecule has 0 aromatic rings. The Bertz CT molecular complexity index is 169. The lowest BCUT2D eigenvalue weighted by atomic mass is 10.3. The number of piperazine rings is 1. The SMILES string of the molecule is O=C(OCCCCO)N1CCNCC1. The summed E-state index contributed by atoms with van der Waals surface area (Å²) in [6.45, 7) is 3.68. The number of hydrogen-bond donors (Lipinski definition) is 2. The van der Waals surface area contributed by atoms with Gasteiger partial charge in [0.05, 0.1) is 6.61 Å². The number of rotatable bonds is 4. The topological polar surface area (TPSA) is 61.8 Å². The number of hydrogen-bond acceptors (Lipinski definition) is 4. The van der Waals surface area contributed by atoms with Crippen molar-refractivity contribution in [1.82, 2.24) is 10.2 Å². The first-order valence-corrected chi connectivity index (χ1v) is 5.08. The molecule has 1 saturated heterocycles. The molecule has 0 radical (unpaired) electrons. The van der Waals surface area contributed by atoms with Crippen LogP contribution in [0.2, 0.25) is 0 Å². The predicted octanol–water partition coefficient (Wildman–Crippen LogP) is -0.199. The minimum atomic E-state index is -0.232. The molecule has 1 aliphatic rings. The quantitative estimate of drug-likeness (QED) is 0.620. The monoisotopic (exact) mass is 202 g/mol. The van der Waals surface area contributed by atoms with Gasteiger partial charge >= 0.3 is 6.09 Å². The minimum Gasteiger partial charge on any atom is -0.449 e. The number of carbonyl (C=O) groups is 1. The van der Waals surface area contributed by atoms with Gasteiger partial charge in [0.15, 0.2) is 0 Å². The van der Waals surface area contributed by atoms with Crippen LogP contribution < -0.4 is 5.32 Å². The summed E-state index contributed by atoms with van der Waals surface area (Å²) in [4.78, 5) is 13.1. The number of unbranched alkanes of at least 4 members (excludes halogenated alkanes) is 1. The van der Waals surface area contributed by atoms with E-state index in [1.165, 1.54) is 0 Å². The molecule has 0 saturated carbocycles. The van der Waals surface area contributed by atoms with Crippen molar-refractivity contribution in [3.05, 3.63) is 0 Å². The fraction of sp³-hybridized carbons (Fsp3) is 0.889. The van der Waals surface area contributed by atoms with Gasteiger partial charge < -0.3 is 20.1 Å². The van der Waals surface area contributed by atoms with Crippen LogP contribution in [0.1, 0.15) is 12.8 Å². The third-order valence-electron chi connectivity index (χ3n) is 2.15. The molecule has 1 aliphatic heterocycles. The van der Waals surface area contributed by atoms with Gasteiger partial charge in [0.2, 0.25) is 0 Å². The summed E-state index contributed by atoms with van der Waals surface area (Å²) < 4.78 is 5.03. The highest BCUT2D eigenvalue weighted by molar-refractivity contribution is 5.67. The maximum absolute atomic E-state index is 11.4. The third kappa shape index (κ3) is 3.93. The molecule has 0 bridgehead atoms. The number of nitrogens with one attached hydrogen (secondary N) is 1. The number of amides is 1. The van der Waals surface area contributed by atoms with E-state index in [0.29, 0.717) is 13.0 Å². The first-order chi connectivity index (χ1) is 6.84. The smallest absolute Gasteiger partial charge is 0.409 e. The Morgan fingerprint density at radius 2 is 2.07 bits per heavy atom. The molecule has 0 unspecified atom stereocenters. The van der Waals surface area contributed by atoms with E-state index in [1.807, 2.05) is 0 Å². The zero-order valence-corrected chi connectivity index (χ0v) is 8.37. The van der Waals surface area contributed by atoms with Crippen LogP contribution in [-0.2, 0) is 4.74 Å². The lowest BCUT2D eigenvalue weighted by molar-refractivity contribution is 0.0946. The molecule has 5 heteroatoms.